The van der Waals surface area contributed by atoms with Gasteiger partial charge in [-0.15, -0.1) is 0 Å². The number of nitrogens with zero attached hydrogens (tertiary/aromatic N) is 3. The third kappa shape index (κ3) is 4.71. The number of aromatic nitrogens is 4. The van der Waals surface area contributed by atoms with Crippen molar-refractivity contribution >= 4 is 25.3 Å². The van der Waals surface area contributed by atoms with E-state index in [4.69, 9.17) is 14.5 Å². The number of ether oxygens (including phenoxy) is 1. The van der Waals surface area contributed by atoms with Crippen LogP contribution in [0.1, 0.15) is 28.4 Å². The van der Waals surface area contributed by atoms with Gasteiger partial charge < -0.3 is 19.6 Å². The molecule has 1 amide bonds. The molecule has 3 aromatic rings. The molecule has 0 aliphatic carbocycles. The second-order valence-corrected chi connectivity index (χ2v) is 8.04. The van der Waals surface area contributed by atoms with Gasteiger partial charge in [-0.25, -0.2) is 9.36 Å². The second-order valence-electron chi connectivity index (χ2n) is 6.80. The zero-order valence-electron chi connectivity index (χ0n) is 15.8. The summed E-state index contributed by atoms with van der Waals surface area (Å²) in [5.74, 6) is -0.579. The average Bonchev–Trinajstić information content (AvgIpc) is 3.30. The Kier molecular flexibility index (Phi) is 5.71. The third-order valence-electron chi connectivity index (χ3n) is 4.65. The predicted molar refractivity (Wildman–Crippen MR) is 104 cm³/mol. The van der Waals surface area contributed by atoms with Crippen LogP contribution in [0.5, 0.6) is 0 Å². The van der Waals surface area contributed by atoms with Crippen LogP contribution in [-0.2, 0) is 13.8 Å². The number of rotatable bonds is 6. The van der Waals surface area contributed by atoms with Crippen molar-refractivity contribution in [2.45, 2.75) is 24.7 Å². The molecule has 1 aromatic carbocycles. The maximum Gasteiger partial charge on any atom is 0.469 e. The first kappa shape index (κ1) is 21.3. The highest BCUT2D eigenvalue weighted by atomic mass is 31.2. The SMILES string of the molecule is O=C(Nc1nc2c(C3CC(O)C(COP(=O)(O)O)O3)cnn2c(=O)[nH]1)c1ccccc1. The van der Waals surface area contributed by atoms with Gasteiger partial charge in [0, 0.05) is 17.5 Å². The summed E-state index contributed by atoms with van der Waals surface area (Å²) in [4.78, 5) is 49.0. The summed E-state index contributed by atoms with van der Waals surface area (Å²) < 4.78 is 21.9. The lowest BCUT2D eigenvalue weighted by Gasteiger charge is -2.15. The van der Waals surface area contributed by atoms with Gasteiger partial charge in [-0.1, -0.05) is 18.2 Å². The van der Waals surface area contributed by atoms with Gasteiger partial charge in [-0.05, 0) is 12.1 Å². The molecule has 2 aromatic heterocycles. The molecular weight excluding hydrogens is 433 g/mol. The van der Waals surface area contributed by atoms with E-state index in [-0.39, 0.29) is 18.0 Å². The molecule has 0 saturated carbocycles. The van der Waals surface area contributed by atoms with Crippen LogP contribution in [0.4, 0.5) is 5.95 Å². The molecule has 13 nitrogen and oxygen atoms in total. The van der Waals surface area contributed by atoms with E-state index in [1.54, 1.807) is 30.3 Å². The van der Waals surface area contributed by atoms with Crippen LogP contribution in [0.25, 0.3) is 5.65 Å². The minimum Gasteiger partial charge on any atom is -0.390 e. The number of amides is 1. The van der Waals surface area contributed by atoms with Crippen molar-refractivity contribution in [1.82, 2.24) is 19.6 Å². The maximum atomic E-state index is 12.3. The average molecular weight is 451 g/mol. The minimum absolute atomic E-state index is 0.0662. The number of benzene rings is 1. The van der Waals surface area contributed by atoms with Gasteiger partial charge in [0.25, 0.3) is 5.91 Å². The van der Waals surface area contributed by atoms with Gasteiger partial charge >= 0.3 is 13.5 Å². The first-order valence-electron chi connectivity index (χ1n) is 9.09. The standard InChI is InChI=1S/C17H18N5O8P/c23-11-6-12(30-13(11)8-29-31(26,27)28)10-7-18-22-14(10)19-16(21-17(22)25)20-15(24)9-4-2-1-3-5-9/h1-5,7,11-13,23H,6,8H2,(H2,26,27,28)(H2,19,20,21,24,25). The topological polar surface area (TPSA) is 188 Å². The van der Waals surface area contributed by atoms with Gasteiger partial charge in [-0.2, -0.15) is 14.6 Å². The Balaban J connectivity index is 1.58. The van der Waals surface area contributed by atoms with Crippen LogP contribution in [0.3, 0.4) is 0 Å². The molecule has 4 rings (SSSR count). The number of aromatic amines is 1. The van der Waals surface area contributed by atoms with Crippen LogP contribution in [0, 0.1) is 0 Å². The number of fused-ring (bicyclic) bond motifs is 1. The van der Waals surface area contributed by atoms with E-state index >= 15 is 0 Å². The summed E-state index contributed by atoms with van der Waals surface area (Å²) >= 11 is 0. The summed E-state index contributed by atoms with van der Waals surface area (Å²) in [5.41, 5.74) is 0.174. The first-order valence-corrected chi connectivity index (χ1v) is 10.6. The van der Waals surface area contributed by atoms with Gasteiger partial charge in [0.2, 0.25) is 5.95 Å². The number of aliphatic hydroxyl groups excluding tert-OH is 1. The smallest absolute Gasteiger partial charge is 0.390 e. The Hall–Kier alpha value is -2.93. The predicted octanol–water partition coefficient (Wildman–Crippen LogP) is -0.0299. The molecule has 3 atom stereocenters. The van der Waals surface area contributed by atoms with Gasteiger partial charge in [0.15, 0.2) is 5.65 Å². The van der Waals surface area contributed by atoms with Crippen molar-refractivity contribution in [3.63, 3.8) is 0 Å². The van der Waals surface area contributed by atoms with Crippen molar-refractivity contribution in [3.05, 3.63) is 58.1 Å². The summed E-state index contributed by atoms with van der Waals surface area (Å²) in [5, 5.41) is 16.6. The minimum atomic E-state index is -4.72. The lowest BCUT2D eigenvalue weighted by atomic mass is 10.1. The lowest BCUT2D eigenvalue weighted by Crippen LogP contribution is -2.25. The van der Waals surface area contributed by atoms with Gasteiger partial charge in [0.05, 0.1) is 25.0 Å². The van der Waals surface area contributed by atoms with E-state index in [1.165, 1.54) is 6.20 Å². The molecule has 1 fully saturated rings. The zero-order chi connectivity index (χ0) is 22.2. The molecule has 164 valence electrons. The number of H-pyrrole nitrogens is 1. The molecule has 5 N–H and O–H groups in total. The second kappa shape index (κ2) is 8.30. The Morgan fingerprint density at radius 3 is 2.81 bits per heavy atom. The number of hydrogen-bond acceptors (Lipinski definition) is 8. The van der Waals surface area contributed by atoms with E-state index in [1.807, 2.05) is 0 Å². The highest BCUT2D eigenvalue weighted by molar-refractivity contribution is 7.46. The Bertz CT molecular complexity index is 1210. The Labute approximate surface area is 173 Å². The largest absolute Gasteiger partial charge is 0.469 e. The molecule has 3 heterocycles. The van der Waals surface area contributed by atoms with E-state index in [0.717, 1.165) is 4.52 Å². The van der Waals surface area contributed by atoms with Crippen molar-refractivity contribution in [2.24, 2.45) is 0 Å². The fraction of sp³-hybridized carbons (Fsp3) is 0.294. The normalized spacial score (nSPS) is 21.5. The number of carbonyl (C=O) groups excluding carboxylic acids is 1. The van der Waals surface area contributed by atoms with Crippen LogP contribution in [0.2, 0.25) is 0 Å². The molecule has 3 unspecified atom stereocenters. The molecule has 0 spiro atoms. The molecule has 0 radical (unpaired) electrons. The number of phosphoric acid groups is 1. The van der Waals surface area contributed by atoms with Crippen LogP contribution < -0.4 is 11.0 Å². The molecule has 1 saturated heterocycles. The van der Waals surface area contributed by atoms with Crippen LogP contribution >= 0.6 is 7.82 Å². The summed E-state index contributed by atoms with van der Waals surface area (Å²) in [6.07, 6.45) is -1.41. The monoisotopic (exact) mass is 451 g/mol. The fourth-order valence-electron chi connectivity index (χ4n) is 3.21. The van der Waals surface area contributed by atoms with Gasteiger partial charge in [-0.3, -0.25) is 19.6 Å². The van der Waals surface area contributed by atoms with E-state index in [9.17, 15) is 19.3 Å². The molecule has 14 heteroatoms. The van der Waals surface area contributed by atoms with E-state index in [0.29, 0.717) is 11.1 Å². The third-order valence-corrected chi connectivity index (χ3v) is 5.14. The fourth-order valence-corrected chi connectivity index (χ4v) is 3.55. The molecule has 1 aliphatic rings. The number of anilines is 1. The van der Waals surface area contributed by atoms with Gasteiger partial charge in [0.1, 0.15) is 6.10 Å². The van der Waals surface area contributed by atoms with Crippen molar-refractivity contribution in [1.29, 1.82) is 0 Å². The van der Waals surface area contributed by atoms with E-state index in [2.05, 4.69) is 24.9 Å². The molecule has 0 bridgehead atoms. The Morgan fingerprint density at radius 2 is 2.10 bits per heavy atom. The van der Waals surface area contributed by atoms with E-state index < -0.39 is 44.3 Å². The first-order chi connectivity index (χ1) is 14.7. The summed E-state index contributed by atoms with van der Waals surface area (Å²) in [6, 6.07) is 8.35. The van der Waals surface area contributed by atoms with Crippen LogP contribution in [0.15, 0.2) is 41.3 Å². The summed E-state index contributed by atoms with van der Waals surface area (Å²) in [7, 11) is -4.72. The van der Waals surface area contributed by atoms with Crippen molar-refractivity contribution in [2.75, 3.05) is 11.9 Å². The maximum absolute atomic E-state index is 12.3. The van der Waals surface area contributed by atoms with Crippen molar-refractivity contribution in [3.8, 4) is 0 Å². The van der Waals surface area contributed by atoms with Crippen LogP contribution in [-0.4, -0.2) is 59.2 Å². The number of hydrogen-bond donors (Lipinski definition) is 5. The Morgan fingerprint density at radius 1 is 1.35 bits per heavy atom. The highest BCUT2D eigenvalue weighted by Gasteiger charge is 2.38. The highest BCUT2D eigenvalue weighted by Crippen LogP contribution is 2.39. The zero-order valence-corrected chi connectivity index (χ0v) is 16.7. The quantitative estimate of drug-likeness (QED) is 0.318. The number of aliphatic hydroxyl groups is 1. The van der Waals surface area contributed by atoms with Crippen molar-refractivity contribution < 1.29 is 33.5 Å². The number of phosphoric ester groups is 1. The molecular formula is C17H18N5O8P. The lowest BCUT2D eigenvalue weighted by molar-refractivity contribution is -0.0218. The molecule has 1 aliphatic heterocycles. The molecule has 31 heavy (non-hydrogen) atoms. The number of nitrogens with one attached hydrogen (secondary N) is 2. The number of carbonyl (C=O) groups is 1. The summed E-state index contributed by atoms with van der Waals surface area (Å²) in [6.45, 7) is -0.520.